The Bertz CT molecular complexity index is 1120. The van der Waals surface area contributed by atoms with E-state index in [1.54, 1.807) is 13.2 Å². The van der Waals surface area contributed by atoms with E-state index >= 15 is 0 Å². The van der Waals surface area contributed by atoms with Crippen molar-refractivity contribution in [2.75, 3.05) is 12.4 Å². The molecular weight excluding hydrogens is 471 g/mol. The number of amides is 2. The minimum Gasteiger partial charge on any atom is -0.497 e. The van der Waals surface area contributed by atoms with Crippen molar-refractivity contribution in [2.45, 2.75) is 26.3 Å². The maximum Gasteiger partial charge on any atom is 0.253 e. The summed E-state index contributed by atoms with van der Waals surface area (Å²) in [6.07, 6.45) is 0.678. The normalized spacial score (nSPS) is 12.7. The van der Waals surface area contributed by atoms with Gasteiger partial charge < -0.3 is 10.1 Å². The molecule has 7 nitrogen and oxygen atoms in total. The van der Waals surface area contributed by atoms with E-state index in [1.807, 2.05) is 38.1 Å². The molecule has 0 aliphatic carbocycles. The van der Waals surface area contributed by atoms with Crippen LogP contribution in [0.1, 0.15) is 30.6 Å². The summed E-state index contributed by atoms with van der Waals surface area (Å²) in [5, 5.41) is 15.4. The molecule has 0 saturated carbocycles. The van der Waals surface area contributed by atoms with Crippen molar-refractivity contribution in [1.82, 2.24) is 15.5 Å². The fourth-order valence-corrected chi connectivity index (χ4v) is 4.16. The third kappa shape index (κ3) is 5.76. The van der Waals surface area contributed by atoms with Crippen LogP contribution in [-0.4, -0.2) is 35.2 Å². The molecule has 2 N–H and O–H groups in total. The number of rotatable bonds is 8. The van der Waals surface area contributed by atoms with Crippen LogP contribution in [0.4, 0.5) is 5.13 Å². The summed E-state index contributed by atoms with van der Waals surface area (Å²) >= 11 is 13.3. The van der Waals surface area contributed by atoms with E-state index in [9.17, 15) is 9.59 Å². The van der Waals surface area contributed by atoms with Gasteiger partial charge in [0.2, 0.25) is 11.0 Å². The van der Waals surface area contributed by atoms with Crippen LogP contribution in [0.5, 0.6) is 5.75 Å². The van der Waals surface area contributed by atoms with Crippen LogP contribution in [-0.2, 0) is 4.79 Å². The molecule has 2 amide bonds. The van der Waals surface area contributed by atoms with Gasteiger partial charge in [-0.05, 0) is 36.2 Å². The molecule has 2 unspecified atom stereocenters. The molecule has 3 aromatic rings. The highest BCUT2D eigenvalue weighted by Crippen LogP contribution is 2.29. The Balaban J connectivity index is 1.75. The lowest BCUT2D eigenvalue weighted by atomic mass is 9.98. The second-order valence-corrected chi connectivity index (χ2v) is 8.92. The number of ether oxygens (including phenoxy) is 1. The topological polar surface area (TPSA) is 93.2 Å². The maximum atomic E-state index is 13.0. The Kier molecular flexibility index (Phi) is 8.06. The Labute approximate surface area is 200 Å². The Morgan fingerprint density at radius 1 is 1.16 bits per heavy atom. The average molecular weight is 493 g/mol. The molecule has 0 fully saturated rings. The van der Waals surface area contributed by atoms with E-state index in [1.165, 1.54) is 23.5 Å². The number of carbonyl (C=O) groups excluding carboxylic acids is 2. The lowest BCUT2D eigenvalue weighted by Crippen LogP contribution is -2.47. The smallest absolute Gasteiger partial charge is 0.253 e. The molecule has 1 heterocycles. The number of benzene rings is 2. The van der Waals surface area contributed by atoms with E-state index in [0.717, 1.165) is 5.56 Å². The molecule has 0 aliphatic rings. The average Bonchev–Trinajstić information content (AvgIpc) is 3.25. The monoisotopic (exact) mass is 492 g/mol. The number of hydrogen-bond donors (Lipinski definition) is 2. The van der Waals surface area contributed by atoms with E-state index in [-0.39, 0.29) is 22.4 Å². The van der Waals surface area contributed by atoms with Crippen LogP contribution in [0.2, 0.25) is 10.0 Å². The fourth-order valence-electron chi connectivity index (χ4n) is 2.92. The summed E-state index contributed by atoms with van der Waals surface area (Å²) in [5.41, 5.74) is 1.07. The number of nitrogens with one attached hydrogen (secondary N) is 2. The molecule has 0 spiro atoms. The van der Waals surface area contributed by atoms with Crippen molar-refractivity contribution in [3.05, 3.63) is 58.1 Å². The van der Waals surface area contributed by atoms with Crippen molar-refractivity contribution < 1.29 is 14.3 Å². The van der Waals surface area contributed by atoms with E-state index in [0.29, 0.717) is 27.3 Å². The van der Waals surface area contributed by atoms with Crippen LogP contribution in [0.25, 0.3) is 10.6 Å². The van der Waals surface area contributed by atoms with E-state index in [4.69, 9.17) is 27.9 Å². The molecule has 3 rings (SSSR count). The Hall–Kier alpha value is -2.68. The molecule has 168 valence electrons. The molecule has 0 bridgehead atoms. The number of anilines is 1. The number of halogens is 2. The van der Waals surface area contributed by atoms with Gasteiger partial charge >= 0.3 is 0 Å². The van der Waals surface area contributed by atoms with Crippen LogP contribution in [0, 0.1) is 5.92 Å². The summed E-state index contributed by atoms with van der Waals surface area (Å²) in [6.45, 7) is 3.83. The highest BCUT2D eigenvalue weighted by Gasteiger charge is 2.28. The summed E-state index contributed by atoms with van der Waals surface area (Å²) in [4.78, 5) is 25.8. The number of aromatic nitrogens is 2. The second kappa shape index (κ2) is 10.8. The second-order valence-electron chi connectivity index (χ2n) is 7.09. The van der Waals surface area contributed by atoms with E-state index in [2.05, 4.69) is 20.8 Å². The van der Waals surface area contributed by atoms with Crippen molar-refractivity contribution in [3.63, 3.8) is 0 Å². The maximum absolute atomic E-state index is 13.0. The molecule has 2 aromatic carbocycles. The van der Waals surface area contributed by atoms with Gasteiger partial charge in [-0.2, -0.15) is 0 Å². The SMILES string of the molecule is CCC(C)C(NC(=O)c1ccc(Cl)cc1Cl)C(=O)Nc1nnc(-c2cccc(OC)c2)s1. The molecular formula is C22H22Cl2N4O3S. The van der Waals surface area contributed by atoms with Gasteiger partial charge in [0, 0.05) is 10.6 Å². The minimum atomic E-state index is -0.789. The van der Waals surface area contributed by atoms with Gasteiger partial charge in [-0.3, -0.25) is 14.9 Å². The highest BCUT2D eigenvalue weighted by molar-refractivity contribution is 7.18. The number of methoxy groups -OCH3 is 1. The first-order chi connectivity index (χ1) is 15.3. The largest absolute Gasteiger partial charge is 0.497 e. The molecule has 10 heteroatoms. The van der Waals surface area contributed by atoms with Crippen LogP contribution in [0.15, 0.2) is 42.5 Å². The first-order valence-corrected chi connectivity index (χ1v) is 11.4. The molecule has 0 saturated heterocycles. The molecule has 0 radical (unpaired) electrons. The Morgan fingerprint density at radius 2 is 1.94 bits per heavy atom. The lowest BCUT2D eigenvalue weighted by Gasteiger charge is -2.23. The van der Waals surface area contributed by atoms with Crippen molar-refractivity contribution >= 4 is 51.5 Å². The van der Waals surface area contributed by atoms with Gasteiger partial charge in [-0.15, -0.1) is 10.2 Å². The van der Waals surface area contributed by atoms with Crippen molar-refractivity contribution in [2.24, 2.45) is 5.92 Å². The Morgan fingerprint density at radius 3 is 2.62 bits per heavy atom. The predicted molar refractivity (Wildman–Crippen MR) is 128 cm³/mol. The first-order valence-electron chi connectivity index (χ1n) is 9.87. The predicted octanol–water partition coefficient (Wildman–Crippen LogP) is 5.30. The van der Waals surface area contributed by atoms with Crippen molar-refractivity contribution in [1.29, 1.82) is 0 Å². The summed E-state index contributed by atoms with van der Waals surface area (Å²) in [7, 11) is 1.59. The number of carbonyl (C=O) groups is 2. The third-order valence-electron chi connectivity index (χ3n) is 4.93. The van der Waals surface area contributed by atoms with Crippen LogP contribution in [0.3, 0.4) is 0 Å². The zero-order valence-corrected chi connectivity index (χ0v) is 20.0. The summed E-state index contributed by atoms with van der Waals surface area (Å²) in [6, 6.07) is 11.2. The fraction of sp³-hybridized carbons (Fsp3) is 0.273. The first kappa shape index (κ1) is 24.0. The molecule has 32 heavy (non-hydrogen) atoms. The number of hydrogen-bond acceptors (Lipinski definition) is 6. The summed E-state index contributed by atoms with van der Waals surface area (Å²) in [5.74, 6) is -0.271. The summed E-state index contributed by atoms with van der Waals surface area (Å²) < 4.78 is 5.24. The zero-order valence-electron chi connectivity index (χ0n) is 17.7. The highest BCUT2D eigenvalue weighted by atomic mass is 35.5. The zero-order chi connectivity index (χ0) is 23.3. The van der Waals surface area contributed by atoms with Gasteiger partial charge in [0.25, 0.3) is 5.91 Å². The van der Waals surface area contributed by atoms with Gasteiger partial charge in [-0.1, -0.05) is 66.9 Å². The van der Waals surface area contributed by atoms with Gasteiger partial charge in [0.1, 0.15) is 16.8 Å². The van der Waals surface area contributed by atoms with Gasteiger partial charge in [0.15, 0.2) is 0 Å². The van der Waals surface area contributed by atoms with Gasteiger partial charge in [-0.25, -0.2) is 0 Å². The standard InChI is InChI=1S/C22H22Cl2N4O3S/c1-4-12(2)18(25-19(29)16-9-8-14(23)11-17(16)24)20(30)26-22-28-27-21(32-22)13-6-5-7-15(10-13)31-3/h5-12,18H,4H2,1-3H3,(H,25,29)(H,26,28,30). The number of nitrogens with zero attached hydrogens (tertiary/aromatic N) is 2. The molecule has 1 aromatic heterocycles. The van der Waals surface area contributed by atoms with E-state index < -0.39 is 11.9 Å². The molecule has 0 aliphatic heterocycles. The quantitative estimate of drug-likeness (QED) is 0.444. The molecule has 2 atom stereocenters. The van der Waals surface area contributed by atoms with Crippen LogP contribution < -0.4 is 15.4 Å². The van der Waals surface area contributed by atoms with Crippen molar-refractivity contribution in [3.8, 4) is 16.3 Å². The van der Waals surface area contributed by atoms with Gasteiger partial charge in [0.05, 0.1) is 17.7 Å². The third-order valence-corrected chi connectivity index (χ3v) is 6.37. The van der Waals surface area contributed by atoms with Crippen LogP contribution >= 0.6 is 34.5 Å². The lowest BCUT2D eigenvalue weighted by molar-refractivity contribution is -0.119. The minimum absolute atomic E-state index is 0.129.